The second-order valence-electron chi connectivity index (χ2n) is 1.82. The van der Waals surface area contributed by atoms with Gasteiger partial charge >= 0.3 is 0 Å². The molecule has 0 aliphatic carbocycles. The van der Waals surface area contributed by atoms with Gasteiger partial charge in [0.25, 0.3) is 0 Å². The maximum atomic E-state index is 5.06. The molecule has 0 fully saturated rings. The zero-order valence-corrected chi connectivity index (χ0v) is 4.89. The van der Waals surface area contributed by atoms with Crippen molar-refractivity contribution in [3.8, 4) is 0 Å². The minimum Gasteiger partial charge on any atom is -0.0820 e. The summed E-state index contributed by atoms with van der Waals surface area (Å²) in [6.07, 6.45) is 5.44. The van der Waals surface area contributed by atoms with E-state index in [-0.39, 0.29) is 0 Å². The molecule has 0 unspecified atom stereocenters. The van der Waals surface area contributed by atoms with E-state index < -0.39 is 0 Å². The average Bonchev–Trinajstić information content (AvgIpc) is 1.61. The van der Waals surface area contributed by atoms with E-state index in [1.165, 1.54) is 0 Å². The molecule has 0 aromatic rings. The van der Waals surface area contributed by atoms with Gasteiger partial charge in [0.05, 0.1) is 0 Å². The second-order valence-corrected chi connectivity index (χ2v) is 1.82. The van der Waals surface area contributed by atoms with E-state index in [0.717, 1.165) is 0 Å². The SMILES string of the molecule is [CH]=CC=CC(C)C. The molecule has 0 saturated carbocycles. The quantitative estimate of drug-likeness (QED) is 0.461. The lowest BCUT2D eigenvalue weighted by Crippen LogP contribution is -1.73. The molecule has 0 spiro atoms. The summed E-state index contributed by atoms with van der Waals surface area (Å²) in [4.78, 5) is 0. The Morgan fingerprint density at radius 2 is 2.00 bits per heavy atom. The molecule has 0 saturated heterocycles. The molecule has 7 heavy (non-hydrogen) atoms. The van der Waals surface area contributed by atoms with Crippen LogP contribution in [0.15, 0.2) is 18.2 Å². The van der Waals surface area contributed by atoms with Crippen LogP contribution in [0.25, 0.3) is 0 Å². The van der Waals surface area contributed by atoms with Gasteiger partial charge in [-0.3, -0.25) is 0 Å². The third-order valence-electron chi connectivity index (χ3n) is 0.607. The molecule has 0 aromatic carbocycles. The van der Waals surface area contributed by atoms with Crippen molar-refractivity contribution in [2.75, 3.05) is 0 Å². The Balaban J connectivity index is 3.25. The van der Waals surface area contributed by atoms with Gasteiger partial charge < -0.3 is 0 Å². The molecule has 0 N–H and O–H groups in total. The first-order valence-electron chi connectivity index (χ1n) is 2.49. The van der Waals surface area contributed by atoms with Crippen LogP contribution in [0, 0.1) is 12.5 Å². The molecule has 0 aliphatic heterocycles. The highest BCUT2D eigenvalue weighted by Gasteiger charge is 1.77. The Morgan fingerprint density at radius 3 is 2.14 bits per heavy atom. The van der Waals surface area contributed by atoms with Gasteiger partial charge in [-0.15, -0.1) is 0 Å². The fraction of sp³-hybridized carbons (Fsp3) is 0.429. The Labute approximate surface area is 45.5 Å². The Hall–Kier alpha value is -0.520. The predicted molar refractivity (Wildman–Crippen MR) is 32.8 cm³/mol. The van der Waals surface area contributed by atoms with Crippen LogP contribution in [-0.2, 0) is 0 Å². The first-order chi connectivity index (χ1) is 3.27. The van der Waals surface area contributed by atoms with Crippen LogP contribution < -0.4 is 0 Å². The molecule has 0 rings (SSSR count). The fourth-order valence-electron chi connectivity index (χ4n) is 0.286. The summed E-state index contributed by atoms with van der Waals surface area (Å²) < 4.78 is 0. The van der Waals surface area contributed by atoms with E-state index in [0.29, 0.717) is 5.92 Å². The minimum absolute atomic E-state index is 0.611. The molecule has 39 valence electrons. The number of hydrogen-bond donors (Lipinski definition) is 0. The lowest BCUT2D eigenvalue weighted by molar-refractivity contribution is 0.832. The summed E-state index contributed by atoms with van der Waals surface area (Å²) in [5, 5.41) is 0. The van der Waals surface area contributed by atoms with Crippen LogP contribution in [0.5, 0.6) is 0 Å². The zero-order chi connectivity index (χ0) is 5.70. The van der Waals surface area contributed by atoms with Crippen molar-refractivity contribution in [3.63, 3.8) is 0 Å². The van der Waals surface area contributed by atoms with E-state index in [2.05, 4.69) is 13.8 Å². The van der Waals surface area contributed by atoms with Gasteiger partial charge in [-0.1, -0.05) is 38.7 Å². The highest BCUT2D eigenvalue weighted by atomic mass is 13.8. The van der Waals surface area contributed by atoms with Crippen LogP contribution in [-0.4, -0.2) is 0 Å². The minimum atomic E-state index is 0.611. The largest absolute Gasteiger partial charge is 0.0820 e. The monoisotopic (exact) mass is 95.1 g/mol. The maximum Gasteiger partial charge on any atom is -0.0287 e. The Morgan fingerprint density at radius 1 is 1.43 bits per heavy atom. The van der Waals surface area contributed by atoms with Crippen molar-refractivity contribution in [3.05, 3.63) is 24.8 Å². The van der Waals surface area contributed by atoms with E-state index in [1.54, 1.807) is 6.08 Å². The van der Waals surface area contributed by atoms with Crippen LogP contribution in [0.3, 0.4) is 0 Å². The van der Waals surface area contributed by atoms with Gasteiger partial charge in [0.15, 0.2) is 0 Å². The van der Waals surface area contributed by atoms with Gasteiger partial charge in [0.1, 0.15) is 0 Å². The number of allylic oxidation sites excluding steroid dienone is 3. The predicted octanol–water partition coefficient (Wildman–Crippen LogP) is 2.19. The Bertz CT molecular complexity index is 68.1. The highest BCUT2D eigenvalue weighted by molar-refractivity contribution is 4.96. The molecule has 0 aliphatic rings. The first kappa shape index (κ1) is 6.48. The third-order valence-corrected chi connectivity index (χ3v) is 0.607. The first-order valence-corrected chi connectivity index (χ1v) is 2.49. The van der Waals surface area contributed by atoms with Crippen LogP contribution >= 0.6 is 0 Å². The van der Waals surface area contributed by atoms with Crippen molar-refractivity contribution in [1.82, 2.24) is 0 Å². The van der Waals surface area contributed by atoms with Gasteiger partial charge in [-0.05, 0) is 5.92 Å². The van der Waals surface area contributed by atoms with Gasteiger partial charge in [0, 0.05) is 0 Å². The molecule has 0 heterocycles. The molecule has 0 atom stereocenters. The summed E-state index contributed by atoms with van der Waals surface area (Å²) >= 11 is 0. The highest BCUT2D eigenvalue weighted by Crippen LogP contribution is 1.91. The average molecular weight is 95.2 g/mol. The maximum absolute atomic E-state index is 5.06. The van der Waals surface area contributed by atoms with Gasteiger partial charge in [-0.2, -0.15) is 0 Å². The fourth-order valence-corrected chi connectivity index (χ4v) is 0.286. The second kappa shape index (κ2) is 3.66. The standard InChI is InChI=1S/C7H11/c1-4-5-6-7(2)3/h1,4-7H,2-3H3. The summed E-state index contributed by atoms with van der Waals surface area (Å²) in [5.41, 5.74) is 0. The van der Waals surface area contributed by atoms with Crippen LogP contribution in [0.4, 0.5) is 0 Å². The molecule has 0 aromatic heterocycles. The Kier molecular flexibility index (Phi) is 3.39. The smallest absolute Gasteiger partial charge is 0.0287 e. The summed E-state index contributed by atoms with van der Waals surface area (Å²) in [5.74, 6) is 0.611. The number of rotatable bonds is 2. The van der Waals surface area contributed by atoms with Crippen molar-refractivity contribution in [2.45, 2.75) is 13.8 Å². The van der Waals surface area contributed by atoms with Crippen LogP contribution in [0.1, 0.15) is 13.8 Å². The molecule has 0 heteroatoms. The van der Waals surface area contributed by atoms with Crippen molar-refractivity contribution >= 4 is 0 Å². The number of hydrogen-bond acceptors (Lipinski definition) is 0. The van der Waals surface area contributed by atoms with E-state index in [9.17, 15) is 0 Å². The normalized spacial score (nSPS) is 10.7. The molecule has 0 bridgehead atoms. The summed E-state index contributed by atoms with van der Waals surface area (Å²) in [7, 11) is 0. The molecular weight excluding hydrogens is 84.1 g/mol. The summed E-state index contributed by atoms with van der Waals surface area (Å²) in [6, 6.07) is 0. The van der Waals surface area contributed by atoms with Crippen LogP contribution in [0.2, 0.25) is 0 Å². The third kappa shape index (κ3) is 5.48. The van der Waals surface area contributed by atoms with Crippen molar-refractivity contribution in [2.24, 2.45) is 5.92 Å². The van der Waals surface area contributed by atoms with Crippen molar-refractivity contribution in [1.29, 1.82) is 0 Å². The lowest BCUT2D eigenvalue weighted by Gasteiger charge is -1.87. The molecular formula is C7H11. The lowest BCUT2D eigenvalue weighted by atomic mass is 10.2. The summed E-state index contributed by atoms with van der Waals surface area (Å²) in [6.45, 7) is 9.29. The van der Waals surface area contributed by atoms with E-state index in [4.69, 9.17) is 6.58 Å². The molecule has 0 amide bonds. The van der Waals surface area contributed by atoms with Crippen molar-refractivity contribution < 1.29 is 0 Å². The molecule has 0 nitrogen and oxygen atoms in total. The molecule has 1 radical (unpaired) electrons. The van der Waals surface area contributed by atoms with E-state index in [1.807, 2.05) is 12.2 Å². The van der Waals surface area contributed by atoms with Gasteiger partial charge in [0.2, 0.25) is 0 Å². The topological polar surface area (TPSA) is 0 Å². The van der Waals surface area contributed by atoms with E-state index >= 15 is 0 Å². The van der Waals surface area contributed by atoms with Gasteiger partial charge in [-0.25, -0.2) is 0 Å². The zero-order valence-electron chi connectivity index (χ0n) is 4.89.